The third-order valence-electron chi connectivity index (χ3n) is 4.13. The van der Waals surface area contributed by atoms with Crippen molar-refractivity contribution >= 4 is 11.6 Å². The molecule has 0 spiro atoms. The summed E-state index contributed by atoms with van der Waals surface area (Å²) in [4.78, 5) is 14.8. The summed E-state index contributed by atoms with van der Waals surface area (Å²) in [5.74, 6) is 0.0713. The van der Waals surface area contributed by atoms with E-state index >= 15 is 0 Å². The Kier molecular flexibility index (Phi) is 4.63. The lowest BCUT2D eigenvalue weighted by molar-refractivity contribution is 0.0660. The van der Waals surface area contributed by atoms with E-state index in [0.717, 1.165) is 23.2 Å². The Morgan fingerprint density at radius 3 is 2.78 bits per heavy atom. The molecule has 23 heavy (non-hydrogen) atoms. The zero-order valence-electron chi connectivity index (χ0n) is 13.6. The summed E-state index contributed by atoms with van der Waals surface area (Å²) >= 11 is 0. The largest absolute Gasteiger partial charge is 0.385 e. The van der Waals surface area contributed by atoms with Crippen LogP contribution in [0.5, 0.6) is 0 Å². The Hall–Kier alpha value is -2.33. The summed E-state index contributed by atoms with van der Waals surface area (Å²) in [7, 11) is 1.68. The van der Waals surface area contributed by atoms with E-state index in [4.69, 9.17) is 4.74 Å². The van der Waals surface area contributed by atoms with Crippen molar-refractivity contribution in [2.24, 2.45) is 0 Å². The molecular weight excluding hydrogens is 288 g/mol. The number of nitrogens with one attached hydrogen (secondary N) is 1. The molecule has 1 amide bonds. The summed E-state index contributed by atoms with van der Waals surface area (Å²) in [6.45, 7) is 3.37. The first-order chi connectivity index (χ1) is 11.2. The molecule has 0 aromatic heterocycles. The molecule has 0 bridgehead atoms. The number of para-hydroxylation sites is 1. The SMILES string of the molecule is COCCCN1C(=O)c2ccccc2NC1c1cccc(C)c1. The van der Waals surface area contributed by atoms with Gasteiger partial charge < -0.3 is 15.0 Å². The zero-order chi connectivity index (χ0) is 16.2. The van der Waals surface area contributed by atoms with Crippen molar-refractivity contribution in [3.8, 4) is 0 Å². The Labute approximate surface area is 137 Å². The highest BCUT2D eigenvalue weighted by Gasteiger charge is 2.32. The molecule has 1 N–H and O–H groups in total. The van der Waals surface area contributed by atoms with Crippen LogP contribution in [0.4, 0.5) is 5.69 Å². The second-order valence-corrected chi connectivity index (χ2v) is 5.85. The minimum Gasteiger partial charge on any atom is -0.385 e. The fraction of sp³-hybridized carbons (Fsp3) is 0.316. The monoisotopic (exact) mass is 310 g/mol. The third kappa shape index (κ3) is 3.22. The molecule has 2 aromatic carbocycles. The quantitative estimate of drug-likeness (QED) is 0.858. The maximum Gasteiger partial charge on any atom is 0.257 e. The van der Waals surface area contributed by atoms with Gasteiger partial charge in [0.1, 0.15) is 6.17 Å². The van der Waals surface area contributed by atoms with Gasteiger partial charge in [-0.2, -0.15) is 0 Å². The lowest BCUT2D eigenvalue weighted by atomic mass is 10.0. The van der Waals surface area contributed by atoms with Crippen molar-refractivity contribution in [2.45, 2.75) is 19.5 Å². The normalized spacial score (nSPS) is 16.9. The van der Waals surface area contributed by atoms with Crippen LogP contribution < -0.4 is 5.32 Å². The average molecular weight is 310 g/mol. The number of ether oxygens (including phenoxy) is 1. The minimum absolute atomic E-state index is 0.0713. The van der Waals surface area contributed by atoms with Crippen LogP contribution in [0.25, 0.3) is 0 Å². The van der Waals surface area contributed by atoms with E-state index in [-0.39, 0.29) is 12.1 Å². The summed E-state index contributed by atoms with van der Waals surface area (Å²) < 4.78 is 5.14. The highest BCUT2D eigenvalue weighted by atomic mass is 16.5. The van der Waals surface area contributed by atoms with Gasteiger partial charge in [0.2, 0.25) is 0 Å². The molecule has 0 saturated carbocycles. The molecule has 4 heteroatoms. The Morgan fingerprint density at radius 1 is 1.17 bits per heavy atom. The van der Waals surface area contributed by atoms with Gasteiger partial charge in [0.15, 0.2) is 0 Å². The highest BCUT2D eigenvalue weighted by Crippen LogP contribution is 2.33. The number of hydrogen-bond donors (Lipinski definition) is 1. The third-order valence-corrected chi connectivity index (χ3v) is 4.13. The molecule has 1 aliphatic heterocycles. The minimum atomic E-state index is -0.144. The molecule has 1 unspecified atom stereocenters. The molecule has 0 fully saturated rings. The van der Waals surface area contributed by atoms with Crippen molar-refractivity contribution in [2.75, 3.05) is 25.6 Å². The molecule has 0 radical (unpaired) electrons. The summed E-state index contributed by atoms with van der Waals surface area (Å²) in [6.07, 6.45) is 0.670. The maximum atomic E-state index is 12.9. The first-order valence-electron chi connectivity index (χ1n) is 7.93. The Morgan fingerprint density at radius 2 is 2.00 bits per heavy atom. The second-order valence-electron chi connectivity index (χ2n) is 5.85. The van der Waals surface area contributed by atoms with Gasteiger partial charge in [0.25, 0.3) is 5.91 Å². The van der Waals surface area contributed by atoms with Gasteiger partial charge in [-0.1, -0.05) is 42.0 Å². The van der Waals surface area contributed by atoms with Gasteiger partial charge in [0, 0.05) is 25.9 Å². The number of carbonyl (C=O) groups excluding carboxylic acids is 1. The van der Waals surface area contributed by atoms with Crippen LogP contribution in [0.15, 0.2) is 48.5 Å². The number of methoxy groups -OCH3 is 1. The maximum absolute atomic E-state index is 12.9. The van der Waals surface area contributed by atoms with Crippen molar-refractivity contribution in [3.63, 3.8) is 0 Å². The van der Waals surface area contributed by atoms with E-state index in [1.807, 2.05) is 35.2 Å². The predicted octanol–water partition coefficient (Wildman–Crippen LogP) is 3.60. The standard InChI is InChI=1S/C19H22N2O2/c1-14-7-5-8-15(13-14)18-20-17-10-4-3-9-16(17)19(22)21(18)11-6-12-23-2/h3-5,7-10,13,18,20H,6,11-12H2,1-2H3. The van der Waals surface area contributed by atoms with E-state index in [9.17, 15) is 4.79 Å². The molecule has 120 valence electrons. The number of rotatable bonds is 5. The molecular formula is C19H22N2O2. The summed E-state index contributed by atoms with van der Waals surface area (Å²) in [6, 6.07) is 16.0. The zero-order valence-corrected chi connectivity index (χ0v) is 13.6. The van der Waals surface area contributed by atoms with Gasteiger partial charge in [0.05, 0.1) is 5.56 Å². The molecule has 0 saturated heterocycles. The van der Waals surface area contributed by atoms with E-state index in [1.54, 1.807) is 7.11 Å². The van der Waals surface area contributed by atoms with Crippen LogP contribution in [0.1, 0.15) is 34.1 Å². The number of nitrogens with zero attached hydrogens (tertiary/aromatic N) is 1. The van der Waals surface area contributed by atoms with Crippen LogP contribution in [0.2, 0.25) is 0 Å². The lowest BCUT2D eigenvalue weighted by Crippen LogP contribution is -2.43. The molecule has 1 aliphatic rings. The Bertz CT molecular complexity index is 699. The van der Waals surface area contributed by atoms with Crippen molar-refractivity contribution in [1.29, 1.82) is 0 Å². The van der Waals surface area contributed by atoms with E-state index in [0.29, 0.717) is 13.2 Å². The van der Waals surface area contributed by atoms with E-state index < -0.39 is 0 Å². The molecule has 3 rings (SSSR count). The number of amides is 1. The summed E-state index contributed by atoms with van der Waals surface area (Å²) in [5, 5.41) is 3.51. The predicted molar refractivity (Wildman–Crippen MR) is 91.5 cm³/mol. The number of hydrogen-bond acceptors (Lipinski definition) is 3. The van der Waals surface area contributed by atoms with Gasteiger partial charge >= 0.3 is 0 Å². The fourth-order valence-electron chi connectivity index (χ4n) is 3.01. The Balaban J connectivity index is 1.95. The molecule has 2 aromatic rings. The van der Waals surface area contributed by atoms with Gasteiger partial charge in [-0.3, -0.25) is 4.79 Å². The average Bonchev–Trinajstić information content (AvgIpc) is 2.57. The molecule has 0 aliphatic carbocycles. The molecule has 1 heterocycles. The van der Waals surface area contributed by atoms with Gasteiger partial charge in [-0.25, -0.2) is 0 Å². The van der Waals surface area contributed by atoms with Crippen molar-refractivity contribution in [3.05, 3.63) is 65.2 Å². The van der Waals surface area contributed by atoms with Crippen LogP contribution in [-0.4, -0.2) is 31.1 Å². The van der Waals surface area contributed by atoms with Crippen molar-refractivity contribution < 1.29 is 9.53 Å². The number of aryl methyl sites for hydroxylation is 1. The number of carbonyl (C=O) groups is 1. The highest BCUT2D eigenvalue weighted by molar-refractivity contribution is 6.01. The second kappa shape index (κ2) is 6.84. The van der Waals surface area contributed by atoms with Crippen LogP contribution >= 0.6 is 0 Å². The number of fused-ring (bicyclic) bond motifs is 1. The fourth-order valence-corrected chi connectivity index (χ4v) is 3.01. The molecule has 1 atom stereocenters. The summed E-state index contributed by atoms with van der Waals surface area (Å²) in [5.41, 5.74) is 3.92. The molecule has 4 nitrogen and oxygen atoms in total. The lowest BCUT2D eigenvalue weighted by Gasteiger charge is -2.38. The smallest absolute Gasteiger partial charge is 0.257 e. The van der Waals surface area contributed by atoms with Gasteiger partial charge in [-0.15, -0.1) is 0 Å². The van der Waals surface area contributed by atoms with Crippen LogP contribution in [0, 0.1) is 6.92 Å². The number of anilines is 1. The number of benzene rings is 2. The first kappa shape index (κ1) is 15.6. The van der Waals surface area contributed by atoms with Crippen LogP contribution in [0.3, 0.4) is 0 Å². The van der Waals surface area contributed by atoms with Crippen molar-refractivity contribution in [1.82, 2.24) is 4.90 Å². The first-order valence-corrected chi connectivity index (χ1v) is 7.93. The topological polar surface area (TPSA) is 41.6 Å². The van der Waals surface area contributed by atoms with E-state index in [1.165, 1.54) is 5.56 Å². The van der Waals surface area contributed by atoms with Gasteiger partial charge in [-0.05, 0) is 31.0 Å². The van der Waals surface area contributed by atoms with E-state index in [2.05, 4.69) is 30.4 Å². The van der Waals surface area contributed by atoms with Crippen LogP contribution in [-0.2, 0) is 4.74 Å².